The number of nitrogens with zero attached hydrogens (tertiary/aromatic N) is 1. The summed E-state index contributed by atoms with van der Waals surface area (Å²) in [5.41, 5.74) is 1.18. The van der Waals surface area contributed by atoms with E-state index in [-0.39, 0.29) is 21.8 Å². The van der Waals surface area contributed by atoms with Gasteiger partial charge in [-0.25, -0.2) is 0 Å². The third-order valence-corrected chi connectivity index (χ3v) is 6.76. The number of benzene rings is 2. The molecule has 1 aliphatic heterocycles. The number of carbonyl (C=O) groups is 3. The van der Waals surface area contributed by atoms with Crippen LogP contribution in [0.25, 0.3) is 0 Å². The molecule has 2 aliphatic rings. The Morgan fingerprint density at radius 2 is 1.66 bits per heavy atom. The average Bonchev–Trinajstić information content (AvgIpc) is 3.00. The maximum atomic E-state index is 13.0. The third-order valence-electron chi connectivity index (χ3n) is 5.59. The van der Waals surface area contributed by atoms with E-state index in [4.69, 9.17) is 34.8 Å². The van der Waals surface area contributed by atoms with Crippen LogP contribution < -0.4 is 10.6 Å². The van der Waals surface area contributed by atoms with Gasteiger partial charge in [-0.2, -0.15) is 0 Å². The predicted octanol–water partition coefficient (Wildman–Crippen LogP) is 5.81. The van der Waals surface area contributed by atoms with E-state index in [9.17, 15) is 14.4 Å². The average molecular weight is 493 g/mol. The first-order valence-electron chi connectivity index (χ1n) is 10.3. The summed E-state index contributed by atoms with van der Waals surface area (Å²) in [7, 11) is 0. The third kappa shape index (κ3) is 4.49. The first-order chi connectivity index (χ1) is 15.4. The Bertz CT molecular complexity index is 1130. The summed E-state index contributed by atoms with van der Waals surface area (Å²) in [4.78, 5) is 39.6. The van der Waals surface area contributed by atoms with Crippen molar-refractivity contribution in [3.63, 3.8) is 0 Å². The van der Waals surface area contributed by atoms with Gasteiger partial charge < -0.3 is 10.6 Å². The molecule has 0 radical (unpaired) electrons. The first-order valence-corrected chi connectivity index (χ1v) is 11.4. The molecule has 0 spiro atoms. The number of amides is 3. The topological polar surface area (TPSA) is 78.5 Å². The number of anilines is 2. The van der Waals surface area contributed by atoms with Gasteiger partial charge in [0, 0.05) is 17.3 Å². The highest BCUT2D eigenvalue weighted by molar-refractivity contribution is 6.48. The predicted molar refractivity (Wildman–Crippen MR) is 126 cm³/mol. The summed E-state index contributed by atoms with van der Waals surface area (Å²) >= 11 is 18.4. The molecule has 0 bridgehead atoms. The Kier molecular flexibility index (Phi) is 6.74. The van der Waals surface area contributed by atoms with Gasteiger partial charge in [-0.3, -0.25) is 19.3 Å². The van der Waals surface area contributed by atoms with Gasteiger partial charge >= 0.3 is 0 Å². The fourth-order valence-corrected chi connectivity index (χ4v) is 4.54. The molecule has 1 saturated carbocycles. The van der Waals surface area contributed by atoms with Crippen molar-refractivity contribution in [3.05, 3.63) is 68.8 Å². The maximum absolute atomic E-state index is 13.0. The molecular formula is C23H20Cl3N3O3. The van der Waals surface area contributed by atoms with Gasteiger partial charge in [-0.05, 0) is 43.2 Å². The minimum absolute atomic E-state index is 0.0256. The Labute approximate surface area is 200 Å². The van der Waals surface area contributed by atoms with Crippen LogP contribution in [0.4, 0.5) is 11.4 Å². The lowest BCUT2D eigenvalue weighted by Gasteiger charge is -2.29. The second-order valence-electron chi connectivity index (χ2n) is 7.72. The number of imide groups is 1. The van der Waals surface area contributed by atoms with Crippen molar-refractivity contribution in [1.29, 1.82) is 0 Å². The minimum Gasteiger partial charge on any atom is -0.350 e. The van der Waals surface area contributed by atoms with Crippen molar-refractivity contribution in [2.24, 2.45) is 0 Å². The summed E-state index contributed by atoms with van der Waals surface area (Å²) in [6, 6.07) is 11.3. The molecule has 32 heavy (non-hydrogen) atoms. The number of carbonyl (C=O) groups excluding carboxylic acids is 3. The number of hydrogen-bond acceptors (Lipinski definition) is 4. The molecule has 0 aromatic heterocycles. The van der Waals surface area contributed by atoms with E-state index >= 15 is 0 Å². The number of nitrogens with one attached hydrogen (secondary N) is 2. The highest BCUT2D eigenvalue weighted by Crippen LogP contribution is 2.33. The highest BCUT2D eigenvalue weighted by Gasteiger charge is 2.42. The number of halogens is 3. The zero-order valence-corrected chi connectivity index (χ0v) is 19.2. The van der Waals surface area contributed by atoms with Crippen LogP contribution in [-0.2, 0) is 9.59 Å². The van der Waals surface area contributed by atoms with Gasteiger partial charge in [0.05, 0.1) is 15.7 Å². The molecular weight excluding hydrogens is 473 g/mol. The maximum Gasteiger partial charge on any atom is 0.279 e. The molecule has 4 rings (SSSR count). The van der Waals surface area contributed by atoms with E-state index in [0.717, 1.165) is 32.1 Å². The second-order valence-corrected chi connectivity index (χ2v) is 8.89. The van der Waals surface area contributed by atoms with Gasteiger partial charge in [-0.1, -0.05) is 66.2 Å². The molecule has 3 amide bonds. The van der Waals surface area contributed by atoms with Gasteiger partial charge in [0.2, 0.25) is 0 Å². The van der Waals surface area contributed by atoms with Crippen LogP contribution >= 0.6 is 34.8 Å². The smallest absolute Gasteiger partial charge is 0.279 e. The van der Waals surface area contributed by atoms with Crippen LogP contribution in [0.1, 0.15) is 42.5 Å². The normalized spacial score (nSPS) is 17.2. The Balaban J connectivity index is 1.51. The molecule has 0 saturated heterocycles. The lowest BCUT2D eigenvalue weighted by molar-refractivity contribution is -0.140. The molecule has 6 nitrogen and oxygen atoms in total. The van der Waals surface area contributed by atoms with Crippen molar-refractivity contribution in [3.8, 4) is 0 Å². The van der Waals surface area contributed by atoms with Crippen LogP contribution in [0, 0.1) is 0 Å². The molecule has 1 aliphatic carbocycles. The number of hydrogen-bond donors (Lipinski definition) is 2. The van der Waals surface area contributed by atoms with Crippen molar-refractivity contribution in [2.45, 2.75) is 38.1 Å². The second kappa shape index (κ2) is 9.53. The minimum atomic E-state index is -0.476. The fourth-order valence-electron chi connectivity index (χ4n) is 3.98. The highest BCUT2D eigenvalue weighted by atomic mass is 35.5. The van der Waals surface area contributed by atoms with Crippen molar-refractivity contribution >= 4 is 63.9 Å². The van der Waals surface area contributed by atoms with E-state index in [1.165, 1.54) is 4.90 Å². The summed E-state index contributed by atoms with van der Waals surface area (Å²) in [5, 5.41) is 6.07. The molecule has 1 fully saturated rings. The zero-order valence-electron chi connectivity index (χ0n) is 17.0. The van der Waals surface area contributed by atoms with E-state index in [2.05, 4.69) is 10.6 Å². The molecule has 1 heterocycles. The quantitative estimate of drug-likeness (QED) is 0.516. The monoisotopic (exact) mass is 491 g/mol. The van der Waals surface area contributed by atoms with Crippen molar-refractivity contribution in [2.75, 3.05) is 10.6 Å². The van der Waals surface area contributed by atoms with Crippen molar-refractivity contribution in [1.82, 2.24) is 4.90 Å². The lowest BCUT2D eigenvalue weighted by atomic mass is 9.94. The largest absolute Gasteiger partial charge is 0.350 e. The lowest BCUT2D eigenvalue weighted by Crippen LogP contribution is -2.42. The van der Waals surface area contributed by atoms with Crippen LogP contribution in [-0.4, -0.2) is 28.7 Å². The number of rotatable bonds is 5. The van der Waals surface area contributed by atoms with E-state index in [1.54, 1.807) is 42.5 Å². The van der Waals surface area contributed by atoms with E-state index in [1.807, 2.05) is 0 Å². The van der Waals surface area contributed by atoms with Crippen molar-refractivity contribution < 1.29 is 14.4 Å². The van der Waals surface area contributed by atoms with Crippen LogP contribution in [0.2, 0.25) is 10.0 Å². The van der Waals surface area contributed by atoms with E-state index in [0.29, 0.717) is 22.0 Å². The van der Waals surface area contributed by atoms with Gasteiger partial charge in [-0.15, -0.1) is 0 Å². The molecule has 2 aromatic rings. The molecule has 9 heteroatoms. The summed E-state index contributed by atoms with van der Waals surface area (Å²) in [6.45, 7) is 0. The summed E-state index contributed by atoms with van der Waals surface area (Å²) < 4.78 is 0. The molecule has 2 N–H and O–H groups in total. The van der Waals surface area contributed by atoms with Crippen LogP contribution in [0.15, 0.2) is 53.2 Å². The standard InChI is InChI=1S/C23H20Cl3N3O3/c24-16-10-5-11-17(18(16)25)28-21(30)13-6-4-7-14(12-13)27-20-19(26)22(31)29(23(20)32)15-8-2-1-3-9-15/h4-7,10-12,15,27H,1-3,8-9H2,(H,28,30). The molecule has 2 aromatic carbocycles. The van der Waals surface area contributed by atoms with Gasteiger partial charge in [0.25, 0.3) is 17.7 Å². The summed E-state index contributed by atoms with van der Waals surface area (Å²) in [5.74, 6) is -1.32. The van der Waals surface area contributed by atoms with Gasteiger partial charge in [0.15, 0.2) is 0 Å². The van der Waals surface area contributed by atoms with Crippen LogP contribution in [0.3, 0.4) is 0 Å². The summed E-state index contributed by atoms with van der Waals surface area (Å²) in [6.07, 6.45) is 4.65. The molecule has 0 unspecified atom stereocenters. The molecule has 166 valence electrons. The first kappa shape index (κ1) is 22.6. The van der Waals surface area contributed by atoms with Gasteiger partial charge in [0.1, 0.15) is 10.7 Å². The fraction of sp³-hybridized carbons (Fsp3) is 0.261. The Morgan fingerprint density at radius 3 is 2.41 bits per heavy atom. The zero-order chi connectivity index (χ0) is 22.8. The molecule has 0 atom stereocenters. The Morgan fingerprint density at radius 1 is 0.938 bits per heavy atom. The van der Waals surface area contributed by atoms with E-state index < -0.39 is 17.7 Å². The SMILES string of the molecule is O=C(Nc1cccc(Cl)c1Cl)c1cccc(NC2=C(Cl)C(=O)N(C3CCCCC3)C2=O)c1. The Hall–Kier alpha value is -2.54. The van der Waals surface area contributed by atoms with Crippen LogP contribution in [0.5, 0.6) is 0 Å².